The highest BCUT2D eigenvalue weighted by atomic mass is 79.9. The van der Waals surface area contributed by atoms with Crippen molar-refractivity contribution >= 4 is 35.1 Å². The molecule has 0 spiro atoms. The molecule has 0 bridgehead atoms. The Balaban J connectivity index is 1.79. The first-order chi connectivity index (χ1) is 13.1. The predicted octanol–water partition coefficient (Wildman–Crippen LogP) is 4.92. The summed E-state index contributed by atoms with van der Waals surface area (Å²) >= 11 is 3.58. The summed E-state index contributed by atoms with van der Waals surface area (Å²) in [6.45, 7) is 6.14. The average molecular weight is 439 g/mol. The van der Waals surface area contributed by atoms with Crippen LogP contribution in [0.5, 0.6) is 0 Å². The van der Waals surface area contributed by atoms with Gasteiger partial charge < -0.3 is 4.74 Å². The Labute approximate surface area is 173 Å². The number of rotatable bonds is 8. The summed E-state index contributed by atoms with van der Waals surface area (Å²) in [4.78, 5) is 0. The van der Waals surface area contributed by atoms with Gasteiger partial charge in [-0.3, -0.25) is 0 Å². The Morgan fingerprint density at radius 2 is 1.22 bits per heavy atom. The fourth-order valence-electron chi connectivity index (χ4n) is 3.72. The molecule has 0 aliphatic carbocycles. The van der Waals surface area contributed by atoms with Crippen LogP contribution in [0.1, 0.15) is 25.0 Å². The Hall–Kier alpha value is -1.68. The first-order valence-corrected chi connectivity index (χ1v) is 12.3. The summed E-state index contributed by atoms with van der Waals surface area (Å²) in [5.41, 5.74) is 2.57. The van der Waals surface area contributed by atoms with Gasteiger partial charge in [0.25, 0.3) is 0 Å². The summed E-state index contributed by atoms with van der Waals surface area (Å²) < 4.78 is 6.26. The standard InChI is InChI=1S/C24H27BrOSi/c1-24(2,19-26-18-21-12-10-9-11-20(21)17-25)27(22-13-5-3-6-14-22)23-15-7-4-8-16-23/h3-16,27H,17-19H2,1-2H3. The van der Waals surface area contributed by atoms with Gasteiger partial charge in [-0.15, -0.1) is 0 Å². The van der Waals surface area contributed by atoms with Crippen molar-refractivity contribution in [3.05, 3.63) is 96.1 Å². The first-order valence-electron chi connectivity index (χ1n) is 9.42. The third-order valence-corrected chi connectivity index (χ3v) is 9.48. The molecule has 0 N–H and O–H groups in total. The fourth-order valence-corrected chi connectivity index (χ4v) is 7.96. The summed E-state index contributed by atoms with van der Waals surface area (Å²) in [5.74, 6) is 0. The van der Waals surface area contributed by atoms with Crippen molar-refractivity contribution in [3.63, 3.8) is 0 Å². The molecule has 0 heterocycles. The van der Waals surface area contributed by atoms with Crippen molar-refractivity contribution in [1.82, 2.24) is 0 Å². The van der Waals surface area contributed by atoms with Gasteiger partial charge in [-0.25, -0.2) is 0 Å². The third kappa shape index (κ3) is 5.19. The Morgan fingerprint density at radius 1 is 0.741 bits per heavy atom. The van der Waals surface area contributed by atoms with Crippen LogP contribution in [0.4, 0.5) is 0 Å². The number of hydrogen-bond acceptors (Lipinski definition) is 1. The molecule has 0 saturated heterocycles. The second kappa shape index (κ2) is 9.49. The predicted molar refractivity (Wildman–Crippen MR) is 122 cm³/mol. The summed E-state index contributed by atoms with van der Waals surface area (Å²) in [6.07, 6.45) is 0. The molecule has 3 aromatic rings. The van der Waals surface area contributed by atoms with Crippen molar-refractivity contribution in [3.8, 4) is 0 Å². The van der Waals surface area contributed by atoms with E-state index in [1.165, 1.54) is 21.5 Å². The van der Waals surface area contributed by atoms with Gasteiger partial charge in [0, 0.05) is 5.33 Å². The molecular formula is C24H27BrOSi. The normalized spacial score (nSPS) is 11.7. The van der Waals surface area contributed by atoms with Gasteiger partial charge in [0.2, 0.25) is 0 Å². The van der Waals surface area contributed by atoms with Crippen LogP contribution < -0.4 is 10.4 Å². The third-order valence-electron chi connectivity index (χ3n) is 5.04. The average Bonchev–Trinajstić information content (AvgIpc) is 2.70. The molecule has 3 aromatic carbocycles. The van der Waals surface area contributed by atoms with E-state index in [4.69, 9.17) is 4.74 Å². The summed E-state index contributed by atoms with van der Waals surface area (Å²) in [5, 5.41) is 3.91. The van der Waals surface area contributed by atoms with Crippen molar-refractivity contribution in [2.45, 2.75) is 30.8 Å². The molecule has 1 nitrogen and oxygen atoms in total. The molecule has 0 aliphatic rings. The van der Waals surface area contributed by atoms with E-state index in [1.54, 1.807) is 0 Å². The van der Waals surface area contributed by atoms with Gasteiger partial charge in [-0.2, -0.15) is 0 Å². The van der Waals surface area contributed by atoms with Gasteiger partial charge in [-0.05, 0) is 16.2 Å². The Kier molecular flexibility index (Phi) is 7.05. The Bertz CT molecular complexity index is 794. The topological polar surface area (TPSA) is 9.23 Å². The smallest absolute Gasteiger partial charge is 0.110 e. The number of ether oxygens (including phenoxy) is 1. The van der Waals surface area contributed by atoms with E-state index in [9.17, 15) is 0 Å². The van der Waals surface area contributed by atoms with E-state index in [-0.39, 0.29) is 5.04 Å². The minimum Gasteiger partial charge on any atom is -0.376 e. The quantitative estimate of drug-likeness (QED) is 0.358. The molecule has 3 rings (SSSR count). The van der Waals surface area contributed by atoms with Gasteiger partial charge in [0.15, 0.2) is 0 Å². The maximum Gasteiger partial charge on any atom is 0.110 e. The molecule has 0 fully saturated rings. The molecule has 3 heteroatoms. The lowest BCUT2D eigenvalue weighted by atomic mass is 10.1. The molecule has 0 saturated carbocycles. The van der Waals surface area contributed by atoms with E-state index < -0.39 is 8.80 Å². The fraction of sp³-hybridized carbons (Fsp3) is 0.250. The molecule has 0 atom stereocenters. The SMILES string of the molecule is CC(C)(COCc1ccccc1CBr)[SiH](c1ccccc1)c1ccccc1. The number of benzene rings is 3. The van der Waals surface area contributed by atoms with Crippen molar-refractivity contribution < 1.29 is 4.74 Å². The van der Waals surface area contributed by atoms with Gasteiger partial charge in [-0.1, -0.05) is 125 Å². The van der Waals surface area contributed by atoms with E-state index in [2.05, 4.69) is 115 Å². The van der Waals surface area contributed by atoms with Crippen LogP contribution >= 0.6 is 15.9 Å². The van der Waals surface area contributed by atoms with Gasteiger partial charge in [0.1, 0.15) is 8.80 Å². The molecule has 27 heavy (non-hydrogen) atoms. The van der Waals surface area contributed by atoms with Crippen LogP contribution in [0.25, 0.3) is 0 Å². The monoisotopic (exact) mass is 438 g/mol. The summed E-state index contributed by atoms with van der Waals surface area (Å²) in [7, 11) is -1.44. The van der Waals surface area contributed by atoms with Crippen LogP contribution in [0, 0.1) is 0 Å². The van der Waals surface area contributed by atoms with Crippen LogP contribution in [-0.2, 0) is 16.7 Å². The van der Waals surface area contributed by atoms with E-state index >= 15 is 0 Å². The molecule has 0 aliphatic heterocycles. The van der Waals surface area contributed by atoms with Crippen molar-refractivity contribution in [1.29, 1.82) is 0 Å². The van der Waals surface area contributed by atoms with Crippen LogP contribution in [-0.4, -0.2) is 15.4 Å². The molecule has 0 radical (unpaired) electrons. The second-order valence-electron chi connectivity index (χ2n) is 7.64. The highest BCUT2D eigenvalue weighted by Gasteiger charge is 2.34. The lowest BCUT2D eigenvalue weighted by Crippen LogP contribution is -2.51. The van der Waals surface area contributed by atoms with E-state index in [0.717, 1.165) is 11.9 Å². The minimum atomic E-state index is -1.44. The molecular weight excluding hydrogens is 412 g/mol. The summed E-state index contributed by atoms with van der Waals surface area (Å²) in [6, 6.07) is 30.4. The number of hydrogen-bond donors (Lipinski definition) is 0. The highest BCUT2D eigenvalue weighted by molar-refractivity contribution is 9.08. The Morgan fingerprint density at radius 3 is 1.74 bits per heavy atom. The lowest BCUT2D eigenvalue weighted by Gasteiger charge is -2.34. The zero-order chi connectivity index (χ0) is 19.1. The zero-order valence-electron chi connectivity index (χ0n) is 16.1. The minimum absolute atomic E-state index is 0.103. The highest BCUT2D eigenvalue weighted by Crippen LogP contribution is 2.29. The van der Waals surface area contributed by atoms with Crippen LogP contribution in [0.2, 0.25) is 5.04 Å². The first kappa shape index (κ1) is 20.1. The van der Waals surface area contributed by atoms with Crippen molar-refractivity contribution in [2.24, 2.45) is 0 Å². The number of halogens is 1. The number of alkyl halides is 1. The van der Waals surface area contributed by atoms with Gasteiger partial charge in [0.05, 0.1) is 13.2 Å². The molecule has 0 amide bonds. The second-order valence-corrected chi connectivity index (χ2v) is 12.0. The maximum absolute atomic E-state index is 6.26. The lowest BCUT2D eigenvalue weighted by molar-refractivity contribution is 0.101. The maximum atomic E-state index is 6.26. The van der Waals surface area contributed by atoms with Crippen LogP contribution in [0.15, 0.2) is 84.9 Å². The molecule has 0 unspecified atom stereocenters. The largest absolute Gasteiger partial charge is 0.376 e. The van der Waals surface area contributed by atoms with Crippen molar-refractivity contribution in [2.75, 3.05) is 6.61 Å². The van der Waals surface area contributed by atoms with E-state index in [0.29, 0.717) is 6.61 Å². The van der Waals surface area contributed by atoms with E-state index in [1.807, 2.05) is 0 Å². The van der Waals surface area contributed by atoms with Gasteiger partial charge >= 0.3 is 0 Å². The molecule has 140 valence electrons. The molecule has 0 aromatic heterocycles. The van der Waals surface area contributed by atoms with Crippen LogP contribution in [0.3, 0.4) is 0 Å². The zero-order valence-corrected chi connectivity index (χ0v) is 18.8.